The first-order valence-electron chi connectivity index (χ1n) is 3.68. The summed E-state index contributed by atoms with van der Waals surface area (Å²) in [5, 5.41) is 0. The van der Waals surface area contributed by atoms with E-state index in [2.05, 4.69) is 35.4 Å². The molecule has 2 rings (SSSR count). The predicted molar refractivity (Wildman–Crippen MR) is 44.7 cm³/mol. The zero-order valence-corrected chi connectivity index (χ0v) is 6.70. The minimum atomic E-state index is 1.03. The molecular formula is C9H10N2. The lowest BCUT2D eigenvalue weighted by molar-refractivity contribution is 1.10. The van der Waals surface area contributed by atoms with Crippen molar-refractivity contribution < 1.29 is 0 Å². The molecule has 0 aromatic carbocycles. The number of aromatic nitrogens is 2. The van der Waals surface area contributed by atoms with Crippen LogP contribution in [-0.2, 0) is 0 Å². The molecular weight excluding hydrogens is 136 g/mol. The summed E-state index contributed by atoms with van der Waals surface area (Å²) in [4.78, 5) is 4.24. The van der Waals surface area contributed by atoms with Crippen molar-refractivity contribution in [1.82, 2.24) is 9.38 Å². The minimum Gasteiger partial charge on any atom is -0.304 e. The van der Waals surface area contributed by atoms with Crippen LogP contribution in [0.15, 0.2) is 24.5 Å². The minimum absolute atomic E-state index is 1.03. The van der Waals surface area contributed by atoms with Gasteiger partial charge in [-0.3, -0.25) is 0 Å². The summed E-state index contributed by atoms with van der Waals surface area (Å²) in [5.74, 6) is 0. The van der Waals surface area contributed by atoms with E-state index in [-0.39, 0.29) is 0 Å². The molecule has 2 aromatic rings. The summed E-state index contributed by atoms with van der Waals surface area (Å²) in [7, 11) is 0. The lowest BCUT2D eigenvalue weighted by Gasteiger charge is -1.95. The monoisotopic (exact) mass is 146 g/mol. The highest BCUT2D eigenvalue weighted by molar-refractivity contribution is 5.42. The van der Waals surface area contributed by atoms with Crippen molar-refractivity contribution >= 4 is 5.65 Å². The number of fused-ring (bicyclic) bond motifs is 1. The van der Waals surface area contributed by atoms with E-state index in [9.17, 15) is 0 Å². The van der Waals surface area contributed by atoms with E-state index in [1.54, 1.807) is 0 Å². The van der Waals surface area contributed by atoms with Crippen LogP contribution >= 0.6 is 0 Å². The molecule has 11 heavy (non-hydrogen) atoms. The molecule has 2 heteroatoms. The Balaban J connectivity index is 2.86. The zero-order valence-electron chi connectivity index (χ0n) is 6.70. The first kappa shape index (κ1) is 6.40. The Hall–Kier alpha value is -1.31. The molecule has 56 valence electrons. The number of rotatable bonds is 0. The van der Waals surface area contributed by atoms with Crippen LogP contribution in [0.2, 0.25) is 0 Å². The standard InChI is InChI=1S/C9H10N2/c1-7-3-4-11-8(2)6-10-9(11)5-7/h3-6H,1-2H3. The number of nitrogens with zero attached hydrogens (tertiary/aromatic N) is 2. The fourth-order valence-electron chi connectivity index (χ4n) is 1.21. The van der Waals surface area contributed by atoms with Crippen LogP contribution in [0.5, 0.6) is 0 Å². The Kier molecular flexibility index (Phi) is 1.22. The van der Waals surface area contributed by atoms with Crippen molar-refractivity contribution in [2.45, 2.75) is 13.8 Å². The Bertz CT molecular complexity index is 387. The molecule has 0 saturated heterocycles. The highest BCUT2D eigenvalue weighted by Gasteiger charge is 1.96. The molecule has 0 atom stereocenters. The van der Waals surface area contributed by atoms with Gasteiger partial charge in [0.25, 0.3) is 0 Å². The smallest absolute Gasteiger partial charge is 0.137 e. The van der Waals surface area contributed by atoms with Gasteiger partial charge in [0.15, 0.2) is 0 Å². The summed E-state index contributed by atoms with van der Waals surface area (Å²) >= 11 is 0. The van der Waals surface area contributed by atoms with Crippen molar-refractivity contribution in [2.75, 3.05) is 0 Å². The summed E-state index contributed by atoms with van der Waals surface area (Å²) in [6.07, 6.45) is 3.93. The van der Waals surface area contributed by atoms with Gasteiger partial charge in [-0.2, -0.15) is 0 Å². The maximum atomic E-state index is 4.24. The summed E-state index contributed by atoms with van der Waals surface area (Å²) in [6, 6.07) is 4.16. The number of hydrogen-bond donors (Lipinski definition) is 0. The van der Waals surface area contributed by atoms with Crippen LogP contribution in [0.25, 0.3) is 5.65 Å². The van der Waals surface area contributed by atoms with Gasteiger partial charge in [-0.25, -0.2) is 4.98 Å². The van der Waals surface area contributed by atoms with Gasteiger partial charge >= 0.3 is 0 Å². The third-order valence-corrected chi connectivity index (χ3v) is 1.85. The fraction of sp³-hybridized carbons (Fsp3) is 0.222. The molecule has 2 aromatic heterocycles. The van der Waals surface area contributed by atoms with Crippen LogP contribution < -0.4 is 0 Å². The molecule has 0 spiro atoms. The van der Waals surface area contributed by atoms with Crippen LogP contribution in [-0.4, -0.2) is 9.38 Å². The number of hydrogen-bond acceptors (Lipinski definition) is 1. The second-order valence-electron chi connectivity index (χ2n) is 2.83. The Morgan fingerprint density at radius 1 is 1.36 bits per heavy atom. The second kappa shape index (κ2) is 2.09. The van der Waals surface area contributed by atoms with E-state index in [4.69, 9.17) is 0 Å². The van der Waals surface area contributed by atoms with Crippen molar-refractivity contribution in [1.29, 1.82) is 0 Å². The van der Waals surface area contributed by atoms with E-state index >= 15 is 0 Å². The van der Waals surface area contributed by atoms with Gasteiger partial charge in [0.2, 0.25) is 0 Å². The Morgan fingerprint density at radius 2 is 2.18 bits per heavy atom. The van der Waals surface area contributed by atoms with E-state index < -0.39 is 0 Å². The molecule has 2 nitrogen and oxygen atoms in total. The first-order chi connectivity index (χ1) is 5.27. The molecule has 0 aliphatic rings. The maximum Gasteiger partial charge on any atom is 0.137 e. The number of imidazole rings is 1. The molecule has 0 saturated carbocycles. The van der Waals surface area contributed by atoms with Gasteiger partial charge in [0.1, 0.15) is 5.65 Å². The molecule has 0 aliphatic heterocycles. The quantitative estimate of drug-likeness (QED) is 0.555. The van der Waals surface area contributed by atoms with Crippen LogP contribution in [0.3, 0.4) is 0 Å². The Morgan fingerprint density at radius 3 is 3.00 bits per heavy atom. The molecule has 0 radical (unpaired) electrons. The highest BCUT2D eigenvalue weighted by Crippen LogP contribution is 2.06. The summed E-state index contributed by atoms with van der Waals surface area (Å²) in [6.45, 7) is 4.12. The molecule has 0 fully saturated rings. The number of pyridine rings is 1. The molecule has 0 N–H and O–H groups in total. The van der Waals surface area contributed by atoms with E-state index in [1.165, 1.54) is 11.3 Å². The third kappa shape index (κ3) is 0.909. The summed E-state index contributed by atoms with van der Waals surface area (Å²) < 4.78 is 2.08. The average molecular weight is 146 g/mol. The van der Waals surface area contributed by atoms with Crippen molar-refractivity contribution in [3.63, 3.8) is 0 Å². The first-order valence-corrected chi connectivity index (χ1v) is 3.68. The fourth-order valence-corrected chi connectivity index (χ4v) is 1.21. The van der Waals surface area contributed by atoms with Crippen LogP contribution in [0.1, 0.15) is 11.3 Å². The van der Waals surface area contributed by atoms with Gasteiger partial charge in [0.05, 0.1) is 0 Å². The van der Waals surface area contributed by atoms with Gasteiger partial charge in [-0.15, -0.1) is 0 Å². The normalized spacial score (nSPS) is 10.7. The van der Waals surface area contributed by atoms with Crippen LogP contribution in [0.4, 0.5) is 0 Å². The van der Waals surface area contributed by atoms with E-state index in [0.29, 0.717) is 0 Å². The zero-order chi connectivity index (χ0) is 7.84. The van der Waals surface area contributed by atoms with Gasteiger partial charge < -0.3 is 4.40 Å². The van der Waals surface area contributed by atoms with E-state index in [1.807, 2.05) is 12.4 Å². The van der Waals surface area contributed by atoms with Gasteiger partial charge in [-0.05, 0) is 31.5 Å². The summed E-state index contributed by atoms with van der Waals surface area (Å²) in [5.41, 5.74) is 3.46. The van der Waals surface area contributed by atoms with E-state index in [0.717, 1.165) is 5.65 Å². The molecule has 0 unspecified atom stereocenters. The SMILES string of the molecule is Cc1ccn2c(C)cnc2c1. The predicted octanol–water partition coefficient (Wildman–Crippen LogP) is 1.95. The third-order valence-electron chi connectivity index (χ3n) is 1.85. The molecule has 0 aliphatic carbocycles. The number of aryl methyl sites for hydroxylation is 2. The highest BCUT2D eigenvalue weighted by atomic mass is 15.0. The van der Waals surface area contributed by atoms with Gasteiger partial charge in [0, 0.05) is 18.1 Å². The second-order valence-corrected chi connectivity index (χ2v) is 2.83. The topological polar surface area (TPSA) is 17.3 Å². The van der Waals surface area contributed by atoms with Crippen molar-refractivity contribution in [3.05, 3.63) is 35.8 Å². The van der Waals surface area contributed by atoms with Crippen molar-refractivity contribution in [2.24, 2.45) is 0 Å². The lowest BCUT2D eigenvalue weighted by atomic mass is 10.3. The van der Waals surface area contributed by atoms with Crippen molar-refractivity contribution in [3.8, 4) is 0 Å². The van der Waals surface area contributed by atoms with Crippen LogP contribution in [0, 0.1) is 13.8 Å². The molecule has 0 bridgehead atoms. The van der Waals surface area contributed by atoms with Gasteiger partial charge in [-0.1, -0.05) is 0 Å². The largest absolute Gasteiger partial charge is 0.304 e. The molecule has 0 amide bonds. The average Bonchev–Trinajstić information content (AvgIpc) is 2.32. The molecule has 2 heterocycles. The lowest BCUT2D eigenvalue weighted by Crippen LogP contribution is -1.86. The maximum absolute atomic E-state index is 4.24. The Labute approximate surface area is 65.5 Å².